The van der Waals surface area contributed by atoms with Crippen molar-refractivity contribution in [2.24, 2.45) is 0 Å². The molecule has 0 radical (unpaired) electrons. The van der Waals surface area contributed by atoms with Crippen molar-refractivity contribution in [2.45, 2.75) is 32.2 Å². The molecule has 0 aliphatic heterocycles. The molecule has 2 aromatic carbocycles. The van der Waals surface area contributed by atoms with Crippen molar-refractivity contribution in [3.05, 3.63) is 76.0 Å². The van der Waals surface area contributed by atoms with Crippen molar-refractivity contribution < 1.29 is 14.8 Å². The van der Waals surface area contributed by atoms with E-state index in [1.807, 2.05) is 13.0 Å². The fraction of sp³-hybridized carbons (Fsp3) is 0.238. The number of nitro groups is 1. The third kappa shape index (κ3) is 3.93. The summed E-state index contributed by atoms with van der Waals surface area (Å²) in [5, 5.41) is 27.7. The Labute approximate surface area is 162 Å². The molecule has 0 unspecified atom stereocenters. The number of aromatic nitrogens is 1. The molecule has 0 spiro atoms. The monoisotopic (exact) mass is 378 g/mol. The van der Waals surface area contributed by atoms with Crippen LogP contribution in [0.4, 0.5) is 5.69 Å². The quantitative estimate of drug-likeness (QED) is 0.499. The highest BCUT2D eigenvalue weighted by molar-refractivity contribution is 5.93. The minimum Gasteiger partial charge on any atom is -0.871 e. The third-order valence-electron chi connectivity index (χ3n) is 4.56. The summed E-state index contributed by atoms with van der Waals surface area (Å²) < 4.78 is 0. The molecule has 3 aromatic rings. The molecular weight excluding hydrogens is 358 g/mol. The van der Waals surface area contributed by atoms with Gasteiger partial charge in [0.05, 0.1) is 21.9 Å². The summed E-state index contributed by atoms with van der Waals surface area (Å²) in [4.78, 5) is 27.5. The summed E-state index contributed by atoms with van der Waals surface area (Å²) in [6.45, 7) is 1.98. The van der Waals surface area contributed by atoms with Gasteiger partial charge in [0.25, 0.3) is 5.69 Å². The van der Waals surface area contributed by atoms with Gasteiger partial charge in [-0.3, -0.25) is 19.9 Å². The molecule has 1 N–H and O–H groups in total. The number of carbonyl (C=O) groups is 1. The van der Waals surface area contributed by atoms with E-state index in [0.29, 0.717) is 12.0 Å². The number of fused-ring (bicyclic) bond motifs is 1. The van der Waals surface area contributed by atoms with Crippen LogP contribution in [0.3, 0.4) is 0 Å². The number of amides is 1. The number of nitrogens with zero attached hydrogens (tertiary/aromatic N) is 2. The lowest BCUT2D eigenvalue weighted by molar-refractivity contribution is -0.383. The first-order valence-corrected chi connectivity index (χ1v) is 9.10. The molecule has 0 saturated heterocycles. The summed E-state index contributed by atoms with van der Waals surface area (Å²) in [5.74, 6) is -0.635. The van der Waals surface area contributed by atoms with Gasteiger partial charge in [0, 0.05) is 18.7 Å². The van der Waals surface area contributed by atoms with Crippen LogP contribution in [0.1, 0.15) is 43.4 Å². The fourth-order valence-electron chi connectivity index (χ4n) is 3.14. The van der Waals surface area contributed by atoms with Crippen molar-refractivity contribution in [1.82, 2.24) is 10.3 Å². The van der Waals surface area contributed by atoms with Gasteiger partial charge in [-0.2, -0.15) is 0 Å². The minimum atomic E-state index is -0.789. The van der Waals surface area contributed by atoms with Gasteiger partial charge in [0.15, 0.2) is 0 Å². The third-order valence-corrected chi connectivity index (χ3v) is 4.56. The summed E-state index contributed by atoms with van der Waals surface area (Å²) in [7, 11) is 0. The zero-order valence-electron chi connectivity index (χ0n) is 15.4. The summed E-state index contributed by atoms with van der Waals surface area (Å²) in [5.41, 5.74) is 0.625. The maximum Gasteiger partial charge on any atom is 0.279 e. The Morgan fingerprint density at radius 1 is 1.21 bits per heavy atom. The highest BCUT2D eigenvalue weighted by Gasteiger charge is 2.23. The minimum absolute atomic E-state index is 0.0236. The van der Waals surface area contributed by atoms with Gasteiger partial charge < -0.3 is 10.4 Å². The van der Waals surface area contributed by atoms with E-state index in [1.165, 1.54) is 18.3 Å². The molecule has 1 heterocycles. The Morgan fingerprint density at radius 3 is 2.64 bits per heavy atom. The molecule has 0 fully saturated rings. The normalized spacial score (nSPS) is 11.9. The van der Waals surface area contributed by atoms with Gasteiger partial charge in [-0.15, -0.1) is 0 Å². The SMILES string of the molecule is CCCCC(=O)N[C@H](c1ccccc1)c1cc([N+](=O)[O-])c2cccnc2c1[O-]. The molecule has 0 saturated carbocycles. The van der Waals surface area contributed by atoms with Crippen LogP contribution in [0.15, 0.2) is 54.7 Å². The summed E-state index contributed by atoms with van der Waals surface area (Å²) in [6, 6.07) is 12.5. The molecule has 1 atom stereocenters. The second-order valence-electron chi connectivity index (χ2n) is 6.49. The molecule has 0 aliphatic rings. The van der Waals surface area contributed by atoms with Gasteiger partial charge >= 0.3 is 0 Å². The van der Waals surface area contributed by atoms with E-state index in [4.69, 9.17) is 0 Å². The molecule has 1 amide bonds. The Hall–Kier alpha value is -3.48. The number of benzene rings is 2. The van der Waals surface area contributed by atoms with Crippen LogP contribution in [0.25, 0.3) is 10.9 Å². The Morgan fingerprint density at radius 2 is 1.96 bits per heavy atom. The fourth-order valence-corrected chi connectivity index (χ4v) is 3.14. The lowest BCUT2D eigenvalue weighted by Crippen LogP contribution is -2.29. The summed E-state index contributed by atoms with van der Waals surface area (Å²) >= 11 is 0. The van der Waals surface area contributed by atoms with Gasteiger partial charge in [-0.25, -0.2) is 0 Å². The van der Waals surface area contributed by atoms with Gasteiger partial charge in [-0.05, 0) is 29.7 Å². The van der Waals surface area contributed by atoms with Crippen LogP contribution in [0.2, 0.25) is 0 Å². The lowest BCUT2D eigenvalue weighted by Gasteiger charge is -2.25. The van der Waals surface area contributed by atoms with E-state index in [9.17, 15) is 20.0 Å². The van der Waals surface area contributed by atoms with Crippen LogP contribution in [0, 0.1) is 10.1 Å². The zero-order valence-corrected chi connectivity index (χ0v) is 15.4. The standard InChI is InChI=1S/C21H21N3O4/c1-2-3-11-18(25)23-19(14-8-5-4-6-9-14)16-13-17(24(27)28)15-10-7-12-22-20(15)21(16)26/h4-10,12-13,19,26H,2-3,11H2,1H3,(H,23,25)/p-1/t19-/m1/s1. The number of unbranched alkanes of at least 4 members (excludes halogenated alkanes) is 1. The highest BCUT2D eigenvalue weighted by Crippen LogP contribution is 2.38. The van der Waals surface area contributed by atoms with E-state index in [0.717, 1.165) is 12.8 Å². The molecular formula is C21H20N3O4-. The number of non-ortho nitro benzene ring substituents is 1. The van der Waals surface area contributed by atoms with Crippen molar-refractivity contribution in [3.63, 3.8) is 0 Å². The smallest absolute Gasteiger partial charge is 0.279 e. The van der Waals surface area contributed by atoms with Gasteiger partial charge in [0.1, 0.15) is 0 Å². The number of carbonyl (C=O) groups excluding carboxylic acids is 1. The molecule has 144 valence electrons. The van der Waals surface area contributed by atoms with E-state index >= 15 is 0 Å². The Balaban J connectivity index is 2.16. The van der Waals surface area contributed by atoms with Crippen molar-refractivity contribution >= 4 is 22.5 Å². The molecule has 1 aromatic heterocycles. The van der Waals surface area contributed by atoms with Gasteiger partial charge in [0.2, 0.25) is 5.91 Å². The number of hydrogen-bond acceptors (Lipinski definition) is 5. The first kappa shape index (κ1) is 19.3. The molecule has 28 heavy (non-hydrogen) atoms. The second-order valence-corrected chi connectivity index (χ2v) is 6.49. The Bertz CT molecular complexity index is 1010. The number of hydrogen-bond donors (Lipinski definition) is 1. The second kappa shape index (κ2) is 8.47. The maximum absolute atomic E-state index is 13.1. The van der Waals surface area contributed by atoms with Crippen LogP contribution in [-0.4, -0.2) is 15.8 Å². The summed E-state index contributed by atoms with van der Waals surface area (Å²) in [6.07, 6.45) is 3.33. The number of nitro benzene ring substituents is 1. The van der Waals surface area contributed by atoms with Crippen molar-refractivity contribution in [3.8, 4) is 5.75 Å². The topological polar surface area (TPSA) is 108 Å². The van der Waals surface area contributed by atoms with Crippen LogP contribution < -0.4 is 10.4 Å². The number of nitrogens with one attached hydrogen (secondary N) is 1. The van der Waals surface area contributed by atoms with E-state index in [-0.39, 0.29) is 28.1 Å². The van der Waals surface area contributed by atoms with Crippen LogP contribution >= 0.6 is 0 Å². The van der Waals surface area contributed by atoms with E-state index < -0.39 is 16.7 Å². The van der Waals surface area contributed by atoms with Crippen molar-refractivity contribution in [1.29, 1.82) is 0 Å². The lowest BCUT2D eigenvalue weighted by atomic mass is 9.95. The van der Waals surface area contributed by atoms with Gasteiger partial charge in [-0.1, -0.05) is 49.4 Å². The average Bonchev–Trinajstić information content (AvgIpc) is 2.71. The van der Waals surface area contributed by atoms with E-state index in [1.54, 1.807) is 30.3 Å². The first-order valence-electron chi connectivity index (χ1n) is 9.10. The first-order chi connectivity index (χ1) is 13.5. The van der Waals surface area contributed by atoms with Crippen LogP contribution in [-0.2, 0) is 4.79 Å². The predicted molar refractivity (Wildman–Crippen MR) is 104 cm³/mol. The highest BCUT2D eigenvalue weighted by atomic mass is 16.6. The number of pyridine rings is 1. The molecule has 7 nitrogen and oxygen atoms in total. The van der Waals surface area contributed by atoms with E-state index in [2.05, 4.69) is 10.3 Å². The average molecular weight is 378 g/mol. The molecule has 0 bridgehead atoms. The van der Waals surface area contributed by atoms with Crippen LogP contribution in [0.5, 0.6) is 5.75 Å². The predicted octanol–water partition coefficient (Wildman–Crippen LogP) is 3.61. The maximum atomic E-state index is 13.1. The molecule has 3 rings (SSSR count). The molecule has 0 aliphatic carbocycles. The molecule has 7 heteroatoms. The largest absolute Gasteiger partial charge is 0.871 e. The Kier molecular flexibility index (Phi) is 5.84. The number of rotatable bonds is 7. The van der Waals surface area contributed by atoms with Crippen molar-refractivity contribution in [2.75, 3.05) is 0 Å². The zero-order chi connectivity index (χ0) is 20.1.